The number of aromatic nitrogens is 3. The largest absolute Gasteiger partial charge is 0.368 e. The van der Waals surface area contributed by atoms with Gasteiger partial charge in [-0.15, -0.1) is 5.10 Å². The number of carbonyl (C=O) groups is 2. The molecule has 1 saturated carbocycles. The predicted molar refractivity (Wildman–Crippen MR) is 112 cm³/mol. The number of carbonyl (C=O) groups excluding carboxylic acids is 2. The first-order valence-corrected chi connectivity index (χ1v) is 10.6. The molecule has 2 N–H and O–H groups in total. The lowest BCUT2D eigenvalue weighted by molar-refractivity contribution is -0.118. The monoisotopic (exact) mass is 437 g/mol. The molecule has 3 rings (SSSR count). The summed E-state index contributed by atoms with van der Waals surface area (Å²) >= 11 is 12.5. The maximum atomic E-state index is 13.0. The van der Waals surface area contributed by atoms with Crippen LogP contribution in [-0.2, 0) is 4.79 Å². The van der Waals surface area contributed by atoms with E-state index in [-0.39, 0.29) is 12.4 Å². The van der Waals surface area contributed by atoms with Crippen LogP contribution >= 0.6 is 23.2 Å². The first-order valence-electron chi connectivity index (χ1n) is 9.82. The maximum Gasteiger partial charge on any atom is 0.294 e. The van der Waals surface area contributed by atoms with Crippen molar-refractivity contribution in [2.24, 2.45) is 11.7 Å². The van der Waals surface area contributed by atoms with Crippen LogP contribution in [0.3, 0.4) is 0 Å². The Bertz CT molecular complexity index is 873. The average molecular weight is 438 g/mol. The van der Waals surface area contributed by atoms with Crippen LogP contribution in [-0.4, -0.2) is 44.6 Å². The van der Waals surface area contributed by atoms with Crippen LogP contribution in [0.4, 0.5) is 0 Å². The molecule has 156 valence electrons. The molecule has 9 heteroatoms. The third-order valence-corrected chi connectivity index (χ3v) is 5.89. The zero-order valence-electron chi connectivity index (χ0n) is 16.4. The van der Waals surface area contributed by atoms with Gasteiger partial charge in [-0.1, -0.05) is 61.4 Å². The van der Waals surface area contributed by atoms with Gasteiger partial charge in [0.15, 0.2) is 0 Å². The van der Waals surface area contributed by atoms with Crippen LogP contribution in [0.5, 0.6) is 0 Å². The van der Waals surface area contributed by atoms with Crippen molar-refractivity contribution in [2.75, 3.05) is 13.1 Å². The van der Waals surface area contributed by atoms with Crippen LogP contribution < -0.4 is 5.73 Å². The van der Waals surface area contributed by atoms with Gasteiger partial charge in [0.1, 0.15) is 11.5 Å². The Morgan fingerprint density at radius 3 is 2.48 bits per heavy atom. The molecule has 0 aliphatic heterocycles. The molecule has 0 bridgehead atoms. The van der Waals surface area contributed by atoms with Crippen LogP contribution in [0.15, 0.2) is 18.2 Å². The first kappa shape index (κ1) is 21.6. The molecule has 1 aromatic heterocycles. The van der Waals surface area contributed by atoms with Gasteiger partial charge in [-0.3, -0.25) is 9.59 Å². The number of amides is 2. The molecule has 7 nitrogen and oxygen atoms in total. The minimum absolute atomic E-state index is 0.0108. The van der Waals surface area contributed by atoms with Crippen molar-refractivity contribution in [3.05, 3.63) is 39.9 Å². The highest BCUT2D eigenvalue weighted by molar-refractivity contribution is 6.37. The average Bonchev–Trinajstić information content (AvgIpc) is 3.06. The fourth-order valence-electron chi connectivity index (χ4n) is 3.78. The molecule has 0 unspecified atom stereocenters. The second-order valence-electron chi connectivity index (χ2n) is 7.45. The third-order valence-electron chi connectivity index (χ3n) is 5.28. The number of halogens is 2. The normalized spacial score (nSPS) is 14.7. The number of primary amides is 1. The van der Waals surface area contributed by atoms with Gasteiger partial charge >= 0.3 is 0 Å². The van der Waals surface area contributed by atoms with Gasteiger partial charge in [-0.25, -0.2) is 9.67 Å². The maximum absolute atomic E-state index is 13.0. The summed E-state index contributed by atoms with van der Waals surface area (Å²) in [5.41, 5.74) is 5.83. The van der Waals surface area contributed by atoms with Crippen LogP contribution in [0.2, 0.25) is 10.0 Å². The number of hydrogen-bond acceptors (Lipinski definition) is 4. The molecule has 2 aromatic rings. The third kappa shape index (κ3) is 5.28. The van der Waals surface area contributed by atoms with Crippen molar-refractivity contribution >= 4 is 35.0 Å². The number of benzene rings is 1. The van der Waals surface area contributed by atoms with Crippen molar-refractivity contribution in [3.63, 3.8) is 0 Å². The van der Waals surface area contributed by atoms with E-state index < -0.39 is 11.8 Å². The molecular formula is C20H25Cl2N5O2. The second kappa shape index (κ2) is 9.59. The lowest BCUT2D eigenvalue weighted by atomic mass is 9.87. The van der Waals surface area contributed by atoms with Crippen LogP contribution in [0.1, 0.15) is 55.0 Å². The molecule has 0 spiro atoms. The van der Waals surface area contributed by atoms with Crippen molar-refractivity contribution in [1.82, 2.24) is 19.7 Å². The molecule has 0 saturated heterocycles. The molecule has 1 heterocycles. The fourth-order valence-corrected chi connectivity index (χ4v) is 4.34. The van der Waals surface area contributed by atoms with E-state index >= 15 is 0 Å². The van der Waals surface area contributed by atoms with Crippen molar-refractivity contribution in [2.45, 2.75) is 45.4 Å². The molecule has 1 aromatic carbocycles. The van der Waals surface area contributed by atoms with Gasteiger partial charge in [-0.05, 0) is 31.4 Å². The summed E-state index contributed by atoms with van der Waals surface area (Å²) in [5.74, 6) is 0.0380. The SMILES string of the molecule is Cc1nc(C(=O)N(CCC2CCCCC2)CC(N)=O)nn1-c1c(Cl)cccc1Cl. The Morgan fingerprint density at radius 2 is 1.86 bits per heavy atom. The molecule has 0 radical (unpaired) electrons. The topological polar surface area (TPSA) is 94.1 Å². The highest BCUT2D eigenvalue weighted by Gasteiger charge is 2.25. The Labute approximate surface area is 180 Å². The Morgan fingerprint density at radius 1 is 1.21 bits per heavy atom. The molecule has 2 amide bonds. The number of aryl methyl sites for hydroxylation is 1. The van der Waals surface area contributed by atoms with Crippen LogP contribution in [0, 0.1) is 12.8 Å². The summed E-state index contributed by atoms with van der Waals surface area (Å²) in [6, 6.07) is 5.11. The van der Waals surface area contributed by atoms with Gasteiger partial charge in [0.05, 0.1) is 16.6 Å². The lowest BCUT2D eigenvalue weighted by Crippen LogP contribution is -2.40. The number of rotatable bonds is 7. The molecular weight excluding hydrogens is 413 g/mol. The number of hydrogen-bond donors (Lipinski definition) is 1. The van der Waals surface area contributed by atoms with E-state index in [9.17, 15) is 9.59 Å². The van der Waals surface area contributed by atoms with Crippen molar-refractivity contribution in [1.29, 1.82) is 0 Å². The number of nitrogens with two attached hydrogens (primary N) is 1. The fraction of sp³-hybridized carbons (Fsp3) is 0.500. The quantitative estimate of drug-likeness (QED) is 0.712. The standard InChI is InChI=1S/C20H25Cl2N5O2/c1-13-24-19(25-27(13)18-15(21)8-5-9-16(18)22)20(29)26(12-17(23)28)11-10-14-6-3-2-4-7-14/h5,8-9,14H,2-4,6-7,10-12H2,1H3,(H2,23,28). The Kier molecular flexibility index (Phi) is 7.14. The molecule has 1 aliphatic rings. The van der Waals surface area contributed by atoms with E-state index in [1.54, 1.807) is 25.1 Å². The summed E-state index contributed by atoms with van der Waals surface area (Å²) in [6.45, 7) is 2.00. The number of nitrogens with zero attached hydrogens (tertiary/aromatic N) is 4. The second-order valence-corrected chi connectivity index (χ2v) is 8.26. The molecule has 1 fully saturated rings. The summed E-state index contributed by atoms with van der Waals surface area (Å²) in [7, 11) is 0. The van der Waals surface area contributed by atoms with Gasteiger partial charge in [0, 0.05) is 6.54 Å². The van der Waals surface area contributed by atoms with Crippen molar-refractivity contribution < 1.29 is 9.59 Å². The highest BCUT2D eigenvalue weighted by atomic mass is 35.5. The summed E-state index contributed by atoms with van der Waals surface area (Å²) in [4.78, 5) is 30.3. The summed E-state index contributed by atoms with van der Waals surface area (Å²) in [5, 5.41) is 5.12. The summed E-state index contributed by atoms with van der Waals surface area (Å²) in [6.07, 6.45) is 6.88. The van der Waals surface area contributed by atoms with Crippen LogP contribution in [0.25, 0.3) is 5.69 Å². The van der Waals surface area contributed by atoms with E-state index in [0.29, 0.717) is 34.0 Å². The Hall–Kier alpha value is -2.12. The van der Waals surface area contributed by atoms with Gasteiger partial charge in [-0.2, -0.15) is 0 Å². The van der Waals surface area contributed by atoms with Gasteiger partial charge < -0.3 is 10.6 Å². The first-order chi connectivity index (χ1) is 13.9. The zero-order valence-corrected chi connectivity index (χ0v) is 17.9. The van der Waals surface area contributed by atoms with E-state index in [0.717, 1.165) is 19.3 Å². The van der Waals surface area contributed by atoms with E-state index in [1.807, 2.05) is 0 Å². The smallest absolute Gasteiger partial charge is 0.294 e. The van der Waals surface area contributed by atoms with Gasteiger partial charge in [0.25, 0.3) is 5.91 Å². The molecule has 1 aliphatic carbocycles. The van der Waals surface area contributed by atoms with Gasteiger partial charge in [0.2, 0.25) is 11.7 Å². The predicted octanol–water partition coefficient (Wildman–Crippen LogP) is 3.78. The zero-order chi connectivity index (χ0) is 21.0. The molecule has 29 heavy (non-hydrogen) atoms. The lowest BCUT2D eigenvalue weighted by Gasteiger charge is -2.25. The Balaban J connectivity index is 1.81. The highest BCUT2D eigenvalue weighted by Crippen LogP contribution is 2.29. The minimum atomic E-state index is -0.563. The molecule has 0 atom stereocenters. The number of para-hydroxylation sites is 1. The van der Waals surface area contributed by atoms with E-state index in [2.05, 4.69) is 10.1 Å². The van der Waals surface area contributed by atoms with E-state index in [1.165, 1.54) is 28.8 Å². The van der Waals surface area contributed by atoms with E-state index in [4.69, 9.17) is 28.9 Å². The van der Waals surface area contributed by atoms with Crippen molar-refractivity contribution in [3.8, 4) is 5.69 Å². The minimum Gasteiger partial charge on any atom is -0.368 e. The summed E-state index contributed by atoms with van der Waals surface area (Å²) < 4.78 is 1.45.